The van der Waals surface area contributed by atoms with Crippen molar-refractivity contribution in [2.24, 2.45) is 0 Å². The van der Waals surface area contributed by atoms with E-state index in [4.69, 9.17) is 0 Å². The molecule has 0 saturated heterocycles. The molecule has 1 atom stereocenters. The molecule has 1 aromatic heterocycles. The number of rotatable bonds is 3. The Morgan fingerprint density at radius 1 is 1.03 bits per heavy atom. The molecule has 0 radical (unpaired) electrons. The number of aromatic nitrogens is 1. The van der Waals surface area contributed by atoms with Crippen LogP contribution in [-0.2, 0) is 5.41 Å². The molecule has 0 fully saturated rings. The van der Waals surface area contributed by atoms with Crippen LogP contribution in [0.5, 0.6) is 0 Å². The lowest BCUT2D eigenvalue weighted by Gasteiger charge is -2.39. The van der Waals surface area contributed by atoms with Crippen molar-refractivity contribution in [3.05, 3.63) is 83.9 Å². The summed E-state index contributed by atoms with van der Waals surface area (Å²) in [6.45, 7) is 5.41. The monoisotopic (exact) mass is 420 g/mol. The van der Waals surface area contributed by atoms with Crippen molar-refractivity contribution in [2.45, 2.75) is 38.2 Å². The molecule has 2 heterocycles. The van der Waals surface area contributed by atoms with Crippen LogP contribution in [0.1, 0.15) is 43.1 Å². The van der Waals surface area contributed by atoms with Crippen molar-refractivity contribution in [1.82, 2.24) is 4.57 Å². The van der Waals surface area contributed by atoms with Gasteiger partial charge in [-0.25, -0.2) is 0 Å². The molecule has 1 N–H and O–H groups in total. The molecule has 158 valence electrons. The van der Waals surface area contributed by atoms with E-state index in [-0.39, 0.29) is 5.91 Å². The number of hydrogen-bond donors (Lipinski definition) is 1. The van der Waals surface area contributed by atoms with E-state index in [0.29, 0.717) is 12.0 Å². The fourth-order valence-electron chi connectivity index (χ4n) is 5.29. The molecule has 0 spiro atoms. The Kier molecular flexibility index (Phi) is 4.37. The van der Waals surface area contributed by atoms with Crippen LogP contribution in [-0.4, -0.2) is 21.2 Å². The topological polar surface area (TPSA) is 66.0 Å². The van der Waals surface area contributed by atoms with E-state index >= 15 is 0 Å². The standard InChI is InChI=1S/C28H24N2O2/c1-27(2,32)17-28(3)22-12-8-7-11-20(22)25-24(19-9-5-4-6-10-19)21-15-18(16-29)13-14-23(21)30(25)26(28)31/h4-15,32H,17H2,1-3H3/t28-/m1/s1. The summed E-state index contributed by atoms with van der Waals surface area (Å²) in [4.78, 5) is 14.2. The van der Waals surface area contributed by atoms with Crippen molar-refractivity contribution in [2.75, 3.05) is 0 Å². The summed E-state index contributed by atoms with van der Waals surface area (Å²) in [5, 5.41) is 21.1. The van der Waals surface area contributed by atoms with Gasteiger partial charge in [-0.3, -0.25) is 9.36 Å². The van der Waals surface area contributed by atoms with Gasteiger partial charge in [0.1, 0.15) is 0 Å². The SMILES string of the molecule is CC(C)(O)C[C@@]1(C)C(=O)n2c(c(-c3ccccc3)c3cc(C#N)ccc32)-c2ccccc21. The Morgan fingerprint density at radius 3 is 2.41 bits per heavy atom. The molecule has 1 aliphatic rings. The summed E-state index contributed by atoms with van der Waals surface area (Å²) in [6.07, 6.45) is 0.298. The molecule has 0 amide bonds. The van der Waals surface area contributed by atoms with Crippen molar-refractivity contribution in [3.63, 3.8) is 0 Å². The van der Waals surface area contributed by atoms with E-state index in [1.54, 1.807) is 24.5 Å². The normalized spacial score (nSPS) is 17.7. The van der Waals surface area contributed by atoms with Gasteiger partial charge in [0, 0.05) is 16.5 Å². The number of benzene rings is 3. The van der Waals surface area contributed by atoms with Crippen LogP contribution in [0.3, 0.4) is 0 Å². The van der Waals surface area contributed by atoms with Crippen LogP contribution in [0.4, 0.5) is 0 Å². The summed E-state index contributed by atoms with van der Waals surface area (Å²) in [7, 11) is 0. The zero-order valence-electron chi connectivity index (χ0n) is 18.4. The van der Waals surface area contributed by atoms with Gasteiger partial charge in [0.05, 0.1) is 33.9 Å². The molecule has 1 aliphatic heterocycles. The highest BCUT2D eigenvalue weighted by Gasteiger charge is 2.47. The molecule has 3 aromatic carbocycles. The van der Waals surface area contributed by atoms with Gasteiger partial charge in [-0.1, -0.05) is 54.6 Å². The Bertz CT molecular complexity index is 1420. The zero-order valence-corrected chi connectivity index (χ0v) is 18.4. The fourth-order valence-corrected chi connectivity index (χ4v) is 5.29. The largest absolute Gasteiger partial charge is 0.390 e. The van der Waals surface area contributed by atoms with E-state index in [0.717, 1.165) is 38.9 Å². The Balaban J connectivity index is 1.94. The summed E-state index contributed by atoms with van der Waals surface area (Å²) < 4.78 is 1.80. The lowest BCUT2D eigenvalue weighted by Crippen LogP contribution is -2.45. The predicted octanol–water partition coefficient (Wildman–Crippen LogP) is 5.92. The molecular weight excluding hydrogens is 396 g/mol. The second kappa shape index (κ2) is 6.91. The van der Waals surface area contributed by atoms with Crippen LogP contribution >= 0.6 is 0 Å². The number of hydrogen-bond acceptors (Lipinski definition) is 3. The molecule has 0 aliphatic carbocycles. The summed E-state index contributed by atoms with van der Waals surface area (Å²) >= 11 is 0. The predicted molar refractivity (Wildman–Crippen MR) is 126 cm³/mol. The fraction of sp³-hybridized carbons (Fsp3) is 0.214. The molecule has 32 heavy (non-hydrogen) atoms. The average molecular weight is 421 g/mol. The van der Waals surface area contributed by atoms with Crippen molar-refractivity contribution in [3.8, 4) is 28.5 Å². The maximum absolute atomic E-state index is 14.2. The van der Waals surface area contributed by atoms with E-state index in [1.165, 1.54) is 0 Å². The number of carbonyl (C=O) groups is 1. The smallest absolute Gasteiger partial charge is 0.242 e. The number of aliphatic hydroxyl groups is 1. The Hall–Kier alpha value is -3.68. The first kappa shape index (κ1) is 20.2. The highest BCUT2D eigenvalue weighted by molar-refractivity contribution is 6.14. The van der Waals surface area contributed by atoms with Crippen LogP contribution < -0.4 is 0 Å². The zero-order chi connectivity index (χ0) is 22.7. The lowest BCUT2D eigenvalue weighted by molar-refractivity contribution is 0.0378. The van der Waals surface area contributed by atoms with Gasteiger partial charge in [0.2, 0.25) is 5.91 Å². The Labute approximate surface area is 187 Å². The van der Waals surface area contributed by atoms with E-state index in [2.05, 4.69) is 6.07 Å². The number of fused-ring (bicyclic) bond motifs is 5. The van der Waals surface area contributed by atoms with Gasteiger partial charge in [-0.2, -0.15) is 5.26 Å². The number of nitrogens with zero attached hydrogens (tertiary/aromatic N) is 2. The number of carbonyl (C=O) groups excluding carboxylic acids is 1. The van der Waals surface area contributed by atoms with Gasteiger partial charge in [0.25, 0.3) is 0 Å². The van der Waals surface area contributed by atoms with Gasteiger partial charge in [-0.05, 0) is 56.5 Å². The first-order chi connectivity index (χ1) is 15.2. The first-order valence-electron chi connectivity index (χ1n) is 10.8. The third kappa shape index (κ3) is 2.90. The maximum atomic E-state index is 14.2. The molecule has 4 nitrogen and oxygen atoms in total. The second-order valence-corrected chi connectivity index (χ2v) is 9.44. The van der Waals surface area contributed by atoms with Gasteiger partial charge in [-0.15, -0.1) is 0 Å². The van der Waals surface area contributed by atoms with Crippen LogP contribution in [0.25, 0.3) is 33.3 Å². The minimum Gasteiger partial charge on any atom is -0.390 e. The van der Waals surface area contributed by atoms with Crippen molar-refractivity contribution >= 4 is 16.8 Å². The van der Waals surface area contributed by atoms with Crippen LogP contribution in [0.2, 0.25) is 0 Å². The van der Waals surface area contributed by atoms with E-state index in [9.17, 15) is 15.2 Å². The third-order valence-electron chi connectivity index (χ3n) is 6.40. The minimum atomic E-state index is -1.02. The molecular formula is C28H24N2O2. The molecule has 0 bridgehead atoms. The van der Waals surface area contributed by atoms with Crippen LogP contribution in [0.15, 0.2) is 72.8 Å². The summed E-state index contributed by atoms with van der Waals surface area (Å²) in [6, 6.07) is 25.7. The maximum Gasteiger partial charge on any atom is 0.242 e. The minimum absolute atomic E-state index is 0.0646. The first-order valence-corrected chi connectivity index (χ1v) is 10.8. The van der Waals surface area contributed by atoms with Crippen molar-refractivity contribution in [1.29, 1.82) is 5.26 Å². The van der Waals surface area contributed by atoms with Gasteiger partial charge in [0.15, 0.2) is 0 Å². The van der Waals surface area contributed by atoms with E-state index < -0.39 is 11.0 Å². The molecule has 5 rings (SSSR count). The Morgan fingerprint density at radius 2 is 1.72 bits per heavy atom. The molecule has 0 saturated carbocycles. The summed E-state index contributed by atoms with van der Waals surface area (Å²) in [5.74, 6) is -0.0646. The second-order valence-electron chi connectivity index (χ2n) is 9.44. The van der Waals surface area contributed by atoms with Gasteiger partial charge < -0.3 is 5.11 Å². The third-order valence-corrected chi connectivity index (χ3v) is 6.40. The van der Waals surface area contributed by atoms with E-state index in [1.807, 2.05) is 73.7 Å². The van der Waals surface area contributed by atoms with Crippen molar-refractivity contribution < 1.29 is 9.90 Å². The van der Waals surface area contributed by atoms with Crippen LogP contribution in [0, 0.1) is 11.3 Å². The lowest BCUT2D eigenvalue weighted by atomic mass is 9.70. The molecule has 4 aromatic rings. The summed E-state index contributed by atoms with van der Waals surface area (Å²) in [5.41, 5.74) is 4.10. The quantitative estimate of drug-likeness (QED) is 0.447. The number of nitriles is 1. The molecule has 4 heteroatoms. The average Bonchev–Trinajstić information content (AvgIpc) is 3.11. The highest BCUT2D eigenvalue weighted by Crippen LogP contribution is 2.50. The molecule has 0 unspecified atom stereocenters. The van der Waals surface area contributed by atoms with Gasteiger partial charge >= 0.3 is 0 Å². The highest BCUT2D eigenvalue weighted by atomic mass is 16.3.